The van der Waals surface area contributed by atoms with E-state index >= 15 is 0 Å². The zero-order valence-corrected chi connectivity index (χ0v) is 12.0. The first kappa shape index (κ1) is 13.7. The molecule has 1 N–H and O–H groups in total. The first-order valence-electron chi connectivity index (χ1n) is 7.70. The van der Waals surface area contributed by atoms with Gasteiger partial charge in [-0.2, -0.15) is 0 Å². The summed E-state index contributed by atoms with van der Waals surface area (Å²) < 4.78 is 0. The van der Waals surface area contributed by atoms with E-state index in [0.717, 1.165) is 37.8 Å². The number of carbonyl (C=O) groups excluding carboxylic acids is 1. The maximum Gasteiger partial charge on any atom is 0.317 e. The smallest absolute Gasteiger partial charge is 0.317 e. The molecular weight excluding hydrogens is 224 g/mol. The van der Waals surface area contributed by atoms with Crippen LogP contribution in [0.2, 0.25) is 0 Å². The second kappa shape index (κ2) is 6.44. The number of carbonyl (C=O) groups is 1. The van der Waals surface area contributed by atoms with Gasteiger partial charge in [-0.3, -0.25) is 0 Å². The number of urea groups is 1. The molecule has 2 fully saturated rings. The lowest BCUT2D eigenvalue weighted by molar-refractivity contribution is 0.180. The van der Waals surface area contributed by atoms with Gasteiger partial charge >= 0.3 is 6.03 Å². The van der Waals surface area contributed by atoms with Gasteiger partial charge in [-0.1, -0.05) is 26.7 Å². The largest absolute Gasteiger partial charge is 0.335 e. The van der Waals surface area contributed by atoms with Gasteiger partial charge in [0, 0.05) is 19.1 Å². The average Bonchev–Trinajstić information content (AvgIpc) is 2.55. The fraction of sp³-hybridized carbons (Fsp3) is 0.933. The Balaban J connectivity index is 1.82. The van der Waals surface area contributed by atoms with Crippen LogP contribution in [0.15, 0.2) is 0 Å². The van der Waals surface area contributed by atoms with E-state index in [1.807, 2.05) is 4.90 Å². The molecule has 2 aliphatic rings. The molecule has 0 radical (unpaired) electrons. The van der Waals surface area contributed by atoms with Crippen LogP contribution in [0.25, 0.3) is 0 Å². The van der Waals surface area contributed by atoms with Gasteiger partial charge in [-0.15, -0.1) is 0 Å². The molecule has 0 spiro atoms. The van der Waals surface area contributed by atoms with Crippen molar-refractivity contribution in [2.24, 2.45) is 11.8 Å². The summed E-state index contributed by atoms with van der Waals surface area (Å²) in [6.45, 7) is 6.51. The summed E-state index contributed by atoms with van der Waals surface area (Å²) in [6, 6.07) is 0.586. The molecule has 3 nitrogen and oxygen atoms in total. The zero-order valence-electron chi connectivity index (χ0n) is 12.0. The SMILES string of the molecule is CC1CC(C)CC(NC(=O)N2CCCCCC2)C1. The van der Waals surface area contributed by atoms with Crippen molar-refractivity contribution in [2.45, 2.75) is 64.8 Å². The number of likely N-dealkylation sites (tertiary alicyclic amines) is 1. The molecule has 18 heavy (non-hydrogen) atoms. The van der Waals surface area contributed by atoms with Gasteiger partial charge in [-0.05, 0) is 43.9 Å². The van der Waals surface area contributed by atoms with Gasteiger partial charge in [0.25, 0.3) is 0 Å². The van der Waals surface area contributed by atoms with Gasteiger partial charge in [0.2, 0.25) is 0 Å². The average molecular weight is 252 g/mol. The Morgan fingerprint density at radius 1 is 0.944 bits per heavy atom. The van der Waals surface area contributed by atoms with Crippen LogP contribution in [0, 0.1) is 11.8 Å². The van der Waals surface area contributed by atoms with Crippen LogP contribution in [-0.4, -0.2) is 30.1 Å². The molecule has 3 heteroatoms. The summed E-state index contributed by atoms with van der Waals surface area (Å²) in [7, 11) is 0. The standard InChI is InChI=1S/C15H28N2O/c1-12-9-13(2)11-14(10-12)16-15(18)17-7-5-3-4-6-8-17/h12-14H,3-11H2,1-2H3,(H,16,18). The van der Waals surface area contributed by atoms with Crippen LogP contribution in [0.5, 0.6) is 0 Å². The Bertz CT molecular complexity index is 262. The first-order valence-corrected chi connectivity index (χ1v) is 7.70. The van der Waals surface area contributed by atoms with Crippen LogP contribution in [-0.2, 0) is 0 Å². The van der Waals surface area contributed by atoms with E-state index in [9.17, 15) is 4.79 Å². The summed E-state index contributed by atoms with van der Waals surface area (Å²) in [5, 5.41) is 3.26. The highest BCUT2D eigenvalue weighted by molar-refractivity contribution is 5.74. The van der Waals surface area contributed by atoms with Crippen molar-refractivity contribution in [1.29, 1.82) is 0 Å². The van der Waals surface area contributed by atoms with Gasteiger partial charge in [0.05, 0.1) is 0 Å². The predicted octanol–water partition coefficient (Wildman–Crippen LogP) is 3.40. The minimum atomic E-state index is 0.184. The monoisotopic (exact) mass is 252 g/mol. The number of nitrogens with zero attached hydrogens (tertiary/aromatic N) is 1. The highest BCUT2D eigenvalue weighted by atomic mass is 16.2. The summed E-state index contributed by atoms with van der Waals surface area (Å²) in [5.74, 6) is 1.51. The van der Waals surface area contributed by atoms with Crippen molar-refractivity contribution >= 4 is 6.03 Å². The highest BCUT2D eigenvalue weighted by Crippen LogP contribution is 2.28. The van der Waals surface area contributed by atoms with Crippen LogP contribution in [0.1, 0.15) is 58.8 Å². The van der Waals surface area contributed by atoms with E-state index in [2.05, 4.69) is 19.2 Å². The van der Waals surface area contributed by atoms with Crippen LogP contribution in [0.4, 0.5) is 4.79 Å². The Morgan fingerprint density at radius 2 is 1.50 bits per heavy atom. The van der Waals surface area contributed by atoms with E-state index < -0.39 is 0 Å². The quantitative estimate of drug-likeness (QED) is 0.762. The van der Waals surface area contributed by atoms with Gasteiger partial charge in [0.1, 0.15) is 0 Å². The minimum Gasteiger partial charge on any atom is -0.335 e. The summed E-state index contributed by atoms with van der Waals surface area (Å²) in [5.41, 5.74) is 0. The van der Waals surface area contributed by atoms with Crippen molar-refractivity contribution in [3.8, 4) is 0 Å². The number of amides is 2. The third kappa shape index (κ3) is 3.89. The van der Waals surface area contributed by atoms with Crippen molar-refractivity contribution in [2.75, 3.05) is 13.1 Å². The molecule has 1 heterocycles. The van der Waals surface area contributed by atoms with Crippen molar-refractivity contribution < 1.29 is 4.79 Å². The highest BCUT2D eigenvalue weighted by Gasteiger charge is 2.26. The minimum absolute atomic E-state index is 0.184. The zero-order chi connectivity index (χ0) is 13.0. The maximum absolute atomic E-state index is 12.2. The number of hydrogen-bond donors (Lipinski definition) is 1. The Kier molecular flexibility index (Phi) is 4.90. The molecule has 0 aromatic rings. The van der Waals surface area contributed by atoms with Crippen LogP contribution < -0.4 is 5.32 Å². The van der Waals surface area contributed by atoms with Crippen molar-refractivity contribution in [1.82, 2.24) is 10.2 Å². The molecule has 2 rings (SSSR count). The molecule has 2 unspecified atom stereocenters. The van der Waals surface area contributed by atoms with E-state index in [-0.39, 0.29) is 6.03 Å². The Labute approximate surface area is 111 Å². The molecule has 1 aliphatic heterocycles. The number of rotatable bonds is 1. The molecule has 2 amide bonds. The Morgan fingerprint density at radius 3 is 2.06 bits per heavy atom. The summed E-state index contributed by atoms with van der Waals surface area (Å²) >= 11 is 0. The molecule has 1 saturated heterocycles. The third-order valence-corrected chi connectivity index (χ3v) is 4.40. The third-order valence-electron chi connectivity index (χ3n) is 4.40. The van der Waals surface area contributed by atoms with Gasteiger partial charge < -0.3 is 10.2 Å². The fourth-order valence-corrected chi connectivity index (χ4v) is 3.60. The lowest BCUT2D eigenvalue weighted by Crippen LogP contribution is -2.47. The number of nitrogens with one attached hydrogen (secondary N) is 1. The van der Waals surface area contributed by atoms with Crippen molar-refractivity contribution in [3.05, 3.63) is 0 Å². The van der Waals surface area contributed by atoms with Crippen LogP contribution in [0.3, 0.4) is 0 Å². The Hall–Kier alpha value is -0.730. The predicted molar refractivity (Wildman–Crippen MR) is 74.5 cm³/mol. The fourth-order valence-electron chi connectivity index (χ4n) is 3.60. The van der Waals surface area contributed by atoms with Crippen molar-refractivity contribution in [3.63, 3.8) is 0 Å². The molecular formula is C15H28N2O. The maximum atomic E-state index is 12.2. The van der Waals surface area contributed by atoms with E-state index in [4.69, 9.17) is 0 Å². The van der Waals surface area contributed by atoms with E-state index in [1.165, 1.54) is 32.1 Å². The first-order chi connectivity index (χ1) is 8.65. The molecule has 1 aliphatic carbocycles. The lowest BCUT2D eigenvalue weighted by Gasteiger charge is -2.33. The molecule has 0 aromatic heterocycles. The topological polar surface area (TPSA) is 32.3 Å². The molecule has 2 atom stereocenters. The second-order valence-corrected chi connectivity index (χ2v) is 6.47. The second-order valence-electron chi connectivity index (χ2n) is 6.47. The summed E-state index contributed by atoms with van der Waals surface area (Å²) in [4.78, 5) is 14.3. The van der Waals surface area contributed by atoms with E-state index in [0.29, 0.717) is 6.04 Å². The summed E-state index contributed by atoms with van der Waals surface area (Å²) in [6.07, 6.45) is 8.53. The number of hydrogen-bond acceptors (Lipinski definition) is 1. The molecule has 1 saturated carbocycles. The normalized spacial score (nSPS) is 33.9. The van der Waals surface area contributed by atoms with Gasteiger partial charge in [0.15, 0.2) is 0 Å². The molecule has 104 valence electrons. The molecule has 0 bridgehead atoms. The van der Waals surface area contributed by atoms with Crippen LogP contribution >= 0.6 is 0 Å². The van der Waals surface area contributed by atoms with E-state index in [1.54, 1.807) is 0 Å². The van der Waals surface area contributed by atoms with Gasteiger partial charge in [-0.25, -0.2) is 4.79 Å². The lowest BCUT2D eigenvalue weighted by atomic mass is 9.80. The molecule has 0 aromatic carbocycles.